The van der Waals surface area contributed by atoms with E-state index in [9.17, 15) is 9.59 Å². The first-order valence-corrected chi connectivity index (χ1v) is 8.97. The van der Waals surface area contributed by atoms with Crippen LogP contribution in [0.25, 0.3) is 22.0 Å². The molecule has 1 amide bonds. The number of para-hydroxylation sites is 1. The number of benzene rings is 2. The van der Waals surface area contributed by atoms with Gasteiger partial charge in [-0.3, -0.25) is 14.6 Å². The second-order valence-corrected chi connectivity index (χ2v) is 6.67. The van der Waals surface area contributed by atoms with E-state index in [1.807, 2.05) is 73.7 Å². The number of anilines is 1. The molecule has 0 aliphatic heterocycles. The molecule has 0 unspecified atom stereocenters. The third-order valence-corrected chi connectivity index (χ3v) is 4.83. The molecule has 2 aromatic heterocycles. The molecule has 4 rings (SSSR count). The van der Waals surface area contributed by atoms with Gasteiger partial charge < -0.3 is 9.88 Å². The number of ketones is 1. The molecule has 28 heavy (non-hydrogen) atoms. The van der Waals surface area contributed by atoms with Crippen LogP contribution in [-0.2, 0) is 11.8 Å². The number of hydrogen-bond donors (Lipinski definition) is 1. The summed E-state index contributed by atoms with van der Waals surface area (Å²) in [7, 11) is 1.79. The third-order valence-electron chi connectivity index (χ3n) is 4.83. The van der Waals surface area contributed by atoms with Crippen LogP contribution in [-0.4, -0.2) is 21.2 Å². The maximum atomic E-state index is 13.0. The van der Waals surface area contributed by atoms with Crippen molar-refractivity contribution in [1.82, 2.24) is 9.55 Å². The van der Waals surface area contributed by atoms with Crippen LogP contribution >= 0.6 is 0 Å². The van der Waals surface area contributed by atoms with Gasteiger partial charge >= 0.3 is 0 Å². The lowest BCUT2D eigenvalue weighted by atomic mass is 10.0. The second-order valence-electron chi connectivity index (χ2n) is 6.67. The summed E-state index contributed by atoms with van der Waals surface area (Å²) in [5.41, 5.74) is 4.24. The van der Waals surface area contributed by atoms with E-state index in [4.69, 9.17) is 0 Å². The number of nitrogens with one attached hydrogen (secondary N) is 1. The van der Waals surface area contributed by atoms with Crippen LogP contribution in [0.3, 0.4) is 0 Å². The van der Waals surface area contributed by atoms with E-state index >= 15 is 0 Å². The molecule has 0 saturated heterocycles. The van der Waals surface area contributed by atoms with Gasteiger partial charge in [-0.25, -0.2) is 0 Å². The number of aryl methyl sites for hydroxylation is 1. The van der Waals surface area contributed by atoms with Crippen molar-refractivity contribution in [2.45, 2.75) is 6.92 Å². The van der Waals surface area contributed by atoms with Crippen molar-refractivity contribution in [2.24, 2.45) is 7.05 Å². The zero-order valence-corrected chi connectivity index (χ0v) is 15.6. The highest BCUT2D eigenvalue weighted by Crippen LogP contribution is 2.27. The average Bonchev–Trinajstić information content (AvgIpc) is 3.02. The molecule has 0 radical (unpaired) electrons. The second kappa shape index (κ2) is 7.12. The molecule has 4 aromatic rings. The number of amides is 1. The van der Waals surface area contributed by atoms with E-state index in [1.54, 1.807) is 17.8 Å². The van der Waals surface area contributed by atoms with Gasteiger partial charge in [0.05, 0.1) is 17.4 Å². The quantitative estimate of drug-likeness (QED) is 0.429. The Morgan fingerprint density at radius 3 is 2.46 bits per heavy atom. The Kier molecular flexibility index (Phi) is 4.49. The van der Waals surface area contributed by atoms with Crippen molar-refractivity contribution in [1.29, 1.82) is 0 Å². The number of rotatable bonds is 4. The van der Waals surface area contributed by atoms with Crippen molar-refractivity contribution in [2.75, 3.05) is 5.32 Å². The summed E-state index contributed by atoms with van der Waals surface area (Å²) in [5.74, 6) is -1.27. The highest BCUT2D eigenvalue weighted by Gasteiger charge is 2.25. The van der Waals surface area contributed by atoms with E-state index in [1.165, 1.54) is 0 Å². The van der Waals surface area contributed by atoms with Gasteiger partial charge in [0.25, 0.3) is 11.7 Å². The molecule has 2 aromatic carbocycles. The average molecular weight is 369 g/mol. The zero-order valence-electron chi connectivity index (χ0n) is 15.6. The minimum absolute atomic E-state index is 0.370. The molecule has 0 fully saturated rings. The Labute approximate surface area is 162 Å². The largest absolute Gasteiger partial charge is 0.345 e. The highest BCUT2D eigenvalue weighted by atomic mass is 16.2. The summed E-state index contributed by atoms with van der Waals surface area (Å²) in [4.78, 5) is 30.0. The highest BCUT2D eigenvalue weighted by molar-refractivity contribution is 6.47. The van der Waals surface area contributed by atoms with E-state index in [2.05, 4.69) is 10.3 Å². The molecule has 138 valence electrons. The van der Waals surface area contributed by atoms with Crippen molar-refractivity contribution >= 4 is 28.3 Å². The van der Waals surface area contributed by atoms with Crippen LogP contribution in [0.2, 0.25) is 0 Å². The van der Waals surface area contributed by atoms with E-state index in [-0.39, 0.29) is 0 Å². The number of fused-ring (bicyclic) bond motifs is 1. The first-order valence-electron chi connectivity index (χ1n) is 8.97. The summed E-state index contributed by atoms with van der Waals surface area (Å²) < 4.78 is 1.75. The molecule has 5 heteroatoms. The number of carbonyl (C=O) groups is 2. The molecule has 0 aliphatic rings. The Bertz CT molecular complexity index is 1190. The molecule has 0 aliphatic carbocycles. The van der Waals surface area contributed by atoms with Gasteiger partial charge in [0, 0.05) is 23.7 Å². The molecular weight excluding hydrogens is 350 g/mol. The van der Waals surface area contributed by atoms with Gasteiger partial charge in [-0.2, -0.15) is 0 Å². The van der Waals surface area contributed by atoms with Crippen LogP contribution in [0.4, 0.5) is 5.69 Å². The Balaban J connectivity index is 1.66. The van der Waals surface area contributed by atoms with E-state index in [0.717, 1.165) is 27.7 Å². The summed E-state index contributed by atoms with van der Waals surface area (Å²) in [6.07, 6.45) is 1.56. The van der Waals surface area contributed by atoms with Gasteiger partial charge in [0.1, 0.15) is 5.69 Å². The van der Waals surface area contributed by atoms with Crippen LogP contribution < -0.4 is 5.32 Å². The zero-order chi connectivity index (χ0) is 19.7. The van der Waals surface area contributed by atoms with E-state index < -0.39 is 11.7 Å². The summed E-state index contributed by atoms with van der Waals surface area (Å²) in [5, 5.41) is 3.58. The molecule has 0 spiro atoms. The number of carbonyl (C=O) groups excluding carboxylic acids is 2. The van der Waals surface area contributed by atoms with Gasteiger partial charge in [0.2, 0.25) is 0 Å². The smallest absolute Gasteiger partial charge is 0.298 e. The number of nitrogens with zero attached hydrogens (tertiary/aromatic N) is 2. The topological polar surface area (TPSA) is 64.0 Å². The van der Waals surface area contributed by atoms with Gasteiger partial charge in [-0.1, -0.05) is 48.5 Å². The SMILES string of the molecule is Cc1cc(-c2ccccc2)c(C(=O)C(=O)Nc2cnc3ccccc3c2)n1C. The van der Waals surface area contributed by atoms with Crippen molar-refractivity contribution in [3.63, 3.8) is 0 Å². The number of Topliss-reactive ketones (excluding diaryl/α,β-unsaturated/α-hetero) is 1. The Hall–Kier alpha value is -3.73. The minimum Gasteiger partial charge on any atom is -0.345 e. The summed E-state index contributed by atoms with van der Waals surface area (Å²) in [6.45, 7) is 1.91. The molecule has 2 heterocycles. The number of pyridine rings is 1. The van der Waals surface area contributed by atoms with Gasteiger partial charge in [0.15, 0.2) is 0 Å². The molecule has 0 saturated carbocycles. The molecule has 0 bridgehead atoms. The lowest BCUT2D eigenvalue weighted by molar-refractivity contribution is -0.112. The van der Waals surface area contributed by atoms with Crippen molar-refractivity contribution < 1.29 is 9.59 Å². The van der Waals surface area contributed by atoms with Crippen LogP contribution in [0.1, 0.15) is 16.2 Å². The maximum absolute atomic E-state index is 13.0. The minimum atomic E-state index is -0.685. The number of hydrogen-bond acceptors (Lipinski definition) is 3. The normalized spacial score (nSPS) is 10.8. The fourth-order valence-electron chi connectivity index (χ4n) is 3.28. The molecular formula is C23H19N3O2. The fraction of sp³-hybridized carbons (Fsp3) is 0.0870. The van der Waals surface area contributed by atoms with Gasteiger partial charge in [-0.05, 0) is 30.7 Å². The summed E-state index contributed by atoms with van der Waals surface area (Å²) >= 11 is 0. The first kappa shape index (κ1) is 17.7. The van der Waals surface area contributed by atoms with E-state index in [0.29, 0.717) is 11.4 Å². The molecule has 1 N–H and O–H groups in total. The monoisotopic (exact) mass is 369 g/mol. The predicted octanol–water partition coefficient (Wildman–Crippen LogP) is 4.37. The number of aromatic nitrogens is 2. The molecule has 0 atom stereocenters. The van der Waals surface area contributed by atoms with Crippen LogP contribution in [0.5, 0.6) is 0 Å². The Morgan fingerprint density at radius 2 is 1.68 bits per heavy atom. The van der Waals surface area contributed by atoms with Crippen LogP contribution in [0.15, 0.2) is 72.9 Å². The Morgan fingerprint density at radius 1 is 0.964 bits per heavy atom. The van der Waals surface area contributed by atoms with Crippen molar-refractivity contribution in [3.8, 4) is 11.1 Å². The fourth-order valence-corrected chi connectivity index (χ4v) is 3.28. The lowest BCUT2D eigenvalue weighted by Gasteiger charge is -2.09. The first-order chi connectivity index (χ1) is 13.5. The third kappa shape index (κ3) is 3.18. The lowest BCUT2D eigenvalue weighted by Crippen LogP contribution is -2.25. The van der Waals surface area contributed by atoms with Crippen molar-refractivity contribution in [3.05, 3.63) is 84.3 Å². The predicted molar refractivity (Wildman–Crippen MR) is 110 cm³/mol. The summed E-state index contributed by atoms with van der Waals surface area (Å²) in [6, 6.07) is 20.9. The maximum Gasteiger partial charge on any atom is 0.298 e. The van der Waals surface area contributed by atoms with Crippen LogP contribution in [0, 0.1) is 6.92 Å². The standard InChI is InChI=1S/C23H19N3O2/c1-15-12-19(16-8-4-3-5-9-16)21(26(15)2)22(27)23(28)25-18-13-17-10-6-7-11-20(17)24-14-18/h3-14H,1-2H3,(H,25,28). The van der Waals surface area contributed by atoms with Gasteiger partial charge in [-0.15, -0.1) is 0 Å². The molecule has 5 nitrogen and oxygen atoms in total.